The van der Waals surface area contributed by atoms with Crippen molar-refractivity contribution in [3.8, 4) is 0 Å². The highest BCUT2D eigenvalue weighted by Crippen LogP contribution is 2.29. The number of nitrogens with one attached hydrogen (secondary N) is 3. The number of hydrogen-bond acceptors (Lipinski definition) is 5. The normalized spacial score (nSPS) is 10.9. The van der Waals surface area contributed by atoms with Gasteiger partial charge in [0.25, 0.3) is 0 Å². The molecule has 0 aliphatic heterocycles. The third-order valence-corrected chi connectivity index (χ3v) is 3.73. The van der Waals surface area contributed by atoms with E-state index in [0.29, 0.717) is 16.5 Å². The molecule has 0 amide bonds. The molecule has 2 heterocycles. The fourth-order valence-electron chi connectivity index (χ4n) is 1.91. The lowest BCUT2D eigenvalue weighted by Crippen LogP contribution is -1.96. The highest BCUT2D eigenvalue weighted by molar-refractivity contribution is 7.97. The van der Waals surface area contributed by atoms with Gasteiger partial charge in [-0.15, -0.1) is 0 Å². The Morgan fingerprint density at radius 1 is 1.30 bits per heavy atom. The number of benzene rings is 1. The number of rotatable bonds is 4. The van der Waals surface area contributed by atoms with E-state index in [0.717, 1.165) is 16.0 Å². The van der Waals surface area contributed by atoms with E-state index in [9.17, 15) is 0 Å². The van der Waals surface area contributed by atoms with Crippen LogP contribution in [0.2, 0.25) is 5.02 Å². The minimum atomic E-state index is 0.601. The third kappa shape index (κ3) is 2.58. The lowest BCUT2D eigenvalue weighted by Gasteiger charge is -2.08. The summed E-state index contributed by atoms with van der Waals surface area (Å²) in [5.74, 6) is 0.688. The van der Waals surface area contributed by atoms with Crippen LogP contribution in [-0.4, -0.2) is 22.0 Å². The molecule has 0 aliphatic carbocycles. The number of fused-ring (bicyclic) bond motifs is 1. The second kappa shape index (κ2) is 5.70. The Labute approximate surface area is 125 Å². The topological polar surface area (TPSA) is 65.6 Å². The quantitative estimate of drug-likeness (QED) is 0.643. The molecule has 0 saturated carbocycles. The average molecular weight is 306 g/mol. The molecule has 0 atom stereocenters. The van der Waals surface area contributed by atoms with Gasteiger partial charge in [0, 0.05) is 16.8 Å². The molecule has 0 bridgehead atoms. The van der Waals surface area contributed by atoms with Gasteiger partial charge in [-0.2, -0.15) is 0 Å². The molecule has 0 unspecified atom stereocenters. The van der Waals surface area contributed by atoms with Gasteiger partial charge in [0.2, 0.25) is 0 Å². The first-order valence-corrected chi connectivity index (χ1v) is 7.15. The predicted octanol–water partition coefficient (Wildman–Crippen LogP) is 3.58. The smallest absolute Gasteiger partial charge is 0.144 e. The molecule has 0 spiro atoms. The van der Waals surface area contributed by atoms with Crippen molar-refractivity contribution in [1.29, 1.82) is 0 Å². The van der Waals surface area contributed by atoms with Crippen molar-refractivity contribution in [1.82, 2.24) is 19.7 Å². The molecule has 0 fully saturated rings. The molecule has 3 aromatic rings. The Morgan fingerprint density at radius 3 is 3.05 bits per heavy atom. The molecule has 0 radical (unpaired) electrons. The van der Waals surface area contributed by atoms with Crippen molar-refractivity contribution >= 4 is 46.1 Å². The second-order valence-electron chi connectivity index (χ2n) is 4.04. The maximum Gasteiger partial charge on any atom is 0.144 e. The SMILES string of the molecule is CNSc1cccc(Nc2ncnc3[nH]cc(Cl)c23)c1. The van der Waals surface area contributed by atoms with Gasteiger partial charge < -0.3 is 10.3 Å². The number of nitrogens with zero attached hydrogens (tertiary/aromatic N) is 2. The molecule has 7 heteroatoms. The maximum absolute atomic E-state index is 6.16. The number of aromatic amines is 1. The zero-order valence-electron chi connectivity index (χ0n) is 10.6. The molecule has 0 aliphatic rings. The van der Waals surface area contributed by atoms with Crippen molar-refractivity contribution in [3.05, 3.63) is 41.8 Å². The largest absolute Gasteiger partial charge is 0.344 e. The summed E-state index contributed by atoms with van der Waals surface area (Å²) < 4.78 is 3.05. The Morgan fingerprint density at radius 2 is 2.20 bits per heavy atom. The van der Waals surface area contributed by atoms with E-state index < -0.39 is 0 Å². The summed E-state index contributed by atoms with van der Waals surface area (Å²) in [6, 6.07) is 8.04. The minimum absolute atomic E-state index is 0.601. The van der Waals surface area contributed by atoms with Crippen LogP contribution >= 0.6 is 23.5 Å². The predicted molar refractivity (Wildman–Crippen MR) is 83.5 cm³/mol. The standard InChI is InChI=1S/C13H12ClN5S/c1-15-20-9-4-2-3-8(5-9)19-13-11-10(14)6-16-12(11)17-7-18-13/h2-7,15H,1H3,(H2,16,17,18,19). The van der Waals surface area contributed by atoms with Gasteiger partial charge in [-0.3, -0.25) is 4.72 Å². The van der Waals surface area contributed by atoms with Gasteiger partial charge in [-0.1, -0.05) is 17.7 Å². The van der Waals surface area contributed by atoms with Gasteiger partial charge in [-0.05, 0) is 37.2 Å². The van der Waals surface area contributed by atoms with E-state index in [-0.39, 0.29) is 0 Å². The van der Waals surface area contributed by atoms with Crippen LogP contribution < -0.4 is 10.0 Å². The first-order valence-electron chi connectivity index (χ1n) is 5.96. The summed E-state index contributed by atoms with van der Waals surface area (Å²) in [7, 11) is 1.89. The number of aromatic nitrogens is 3. The van der Waals surface area contributed by atoms with Crippen LogP contribution in [0.25, 0.3) is 11.0 Å². The van der Waals surface area contributed by atoms with E-state index >= 15 is 0 Å². The number of hydrogen-bond donors (Lipinski definition) is 3. The Balaban J connectivity index is 1.97. The van der Waals surface area contributed by atoms with Crippen LogP contribution in [0.5, 0.6) is 0 Å². The van der Waals surface area contributed by atoms with Crippen LogP contribution in [0.4, 0.5) is 11.5 Å². The van der Waals surface area contributed by atoms with Gasteiger partial charge in [0.1, 0.15) is 17.8 Å². The van der Waals surface area contributed by atoms with Crippen LogP contribution in [0.1, 0.15) is 0 Å². The third-order valence-electron chi connectivity index (χ3n) is 2.74. The van der Waals surface area contributed by atoms with Crippen LogP contribution in [0, 0.1) is 0 Å². The van der Waals surface area contributed by atoms with E-state index in [1.165, 1.54) is 6.33 Å². The summed E-state index contributed by atoms with van der Waals surface area (Å²) in [4.78, 5) is 12.5. The Hall–Kier alpha value is -1.76. The molecule has 5 nitrogen and oxygen atoms in total. The van der Waals surface area contributed by atoms with Crippen molar-refractivity contribution in [2.75, 3.05) is 12.4 Å². The average Bonchev–Trinajstić information content (AvgIpc) is 2.83. The lowest BCUT2D eigenvalue weighted by atomic mass is 10.3. The summed E-state index contributed by atoms with van der Waals surface area (Å²) in [5, 5.41) is 4.67. The van der Waals surface area contributed by atoms with Crippen LogP contribution in [0.3, 0.4) is 0 Å². The molecule has 102 valence electrons. The fraction of sp³-hybridized carbons (Fsp3) is 0.0769. The lowest BCUT2D eigenvalue weighted by molar-refractivity contribution is 1.20. The van der Waals surface area contributed by atoms with Crippen LogP contribution in [0.15, 0.2) is 41.7 Å². The molecular weight excluding hydrogens is 294 g/mol. The van der Waals surface area contributed by atoms with Crippen molar-refractivity contribution in [2.24, 2.45) is 0 Å². The van der Waals surface area contributed by atoms with E-state index in [1.54, 1.807) is 18.1 Å². The zero-order valence-corrected chi connectivity index (χ0v) is 12.2. The number of halogens is 1. The zero-order chi connectivity index (χ0) is 13.9. The molecule has 3 N–H and O–H groups in total. The Bertz CT molecular complexity index is 742. The van der Waals surface area contributed by atoms with Gasteiger partial charge in [0.05, 0.1) is 10.4 Å². The van der Waals surface area contributed by atoms with Crippen molar-refractivity contribution in [3.63, 3.8) is 0 Å². The highest BCUT2D eigenvalue weighted by Gasteiger charge is 2.09. The second-order valence-corrected chi connectivity index (χ2v) is 5.53. The summed E-state index contributed by atoms with van der Waals surface area (Å²) in [5.41, 5.74) is 1.66. The van der Waals surface area contributed by atoms with Gasteiger partial charge in [0.15, 0.2) is 0 Å². The highest BCUT2D eigenvalue weighted by atomic mass is 35.5. The van der Waals surface area contributed by atoms with Crippen molar-refractivity contribution in [2.45, 2.75) is 4.90 Å². The molecule has 3 rings (SSSR count). The molecule has 0 saturated heterocycles. The van der Waals surface area contributed by atoms with E-state index in [2.05, 4.69) is 25.0 Å². The summed E-state index contributed by atoms with van der Waals surface area (Å²) >= 11 is 7.71. The van der Waals surface area contributed by atoms with Gasteiger partial charge >= 0.3 is 0 Å². The van der Waals surface area contributed by atoms with Gasteiger partial charge in [-0.25, -0.2) is 9.97 Å². The maximum atomic E-state index is 6.16. The molecule has 20 heavy (non-hydrogen) atoms. The molecule has 1 aromatic carbocycles. The Kier molecular flexibility index (Phi) is 3.77. The molecule has 2 aromatic heterocycles. The summed E-state index contributed by atoms with van der Waals surface area (Å²) in [6.45, 7) is 0. The number of anilines is 2. The minimum Gasteiger partial charge on any atom is -0.344 e. The number of H-pyrrole nitrogens is 1. The monoisotopic (exact) mass is 305 g/mol. The first kappa shape index (κ1) is 13.2. The summed E-state index contributed by atoms with van der Waals surface area (Å²) in [6.07, 6.45) is 3.21. The molecular formula is C13H12ClN5S. The van der Waals surface area contributed by atoms with Crippen molar-refractivity contribution < 1.29 is 0 Å². The first-order chi connectivity index (χ1) is 9.78. The van der Waals surface area contributed by atoms with E-state index in [4.69, 9.17) is 11.6 Å². The fourth-order valence-corrected chi connectivity index (χ4v) is 2.71. The van der Waals surface area contributed by atoms with E-state index in [1.807, 2.05) is 31.3 Å². The van der Waals surface area contributed by atoms with Crippen LogP contribution in [-0.2, 0) is 0 Å².